The highest BCUT2D eigenvalue weighted by Gasteiger charge is 2.23. The van der Waals surface area contributed by atoms with Crippen LogP contribution in [0.15, 0.2) is 48.6 Å². The lowest BCUT2D eigenvalue weighted by atomic mass is 10.0. The number of phosphoric acid groups is 1. The Hall–Kier alpha value is -1.54. The molecule has 400 valence electrons. The Morgan fingerprint density at radius 2 is 0.868 bits per heavy atom. The summed E-state index contributed by atoms with van der Waals surface area (Å²) in [5, 5.41) is 13.9. The van der Waals surface area contributed by atoms with E-state index in [0.717, 1.165) is 44.9 Å². The number of quaternary nitrogens is 1. The van der Waals surface area contributed by atoms with E-state index < -0.39 is 26.6 Å². The molecule has 0 aliphatic rings. The average Bonchev–Trinajstić information content (AvgIpc) is 3.30. The standard InChI is InChI=1S/C59H113N2O6P/c1-6-8-10-12-14-16-18-20-22-24-26-28-29-30-31-33-34-36-38-40-42-44-46-48-50-52-58(62)57(56-67-68(64,65)66-55-54-61(3,4)5)60-59(63)53-51-49-47-45-43-41-39-37-35-32-27-25-23-21-19-17-15-13-11-9-7-2/h19,21,25,27,42,44,50,52,57-58,62H,6-18,20,22-24,26,28-41,43,45-49,51,53-56H2,1-5H3,(H-,60,63,64,65)/b21-19-,27-25-,44-42+,52-50+. The summed E-state index contributed by atoms with van der Waals surface area (Å²) in [7, 11) is 1.24. The van der Waals surface area contributed by atoms with Gasteiger partial charge in [0.05, 0.1) is 39.9 Å². The number of nitrogens with zero attached hydrogens (tertiary/aromatic N) is 1. The van der Waals surface area contributed by atoms with Crippen LogP contribution < -0.4 is 10.2 Å². The largest absolute Gasteiger partial charge is 0.756 e. The second-order valence-electron chi connectivity index (χ2n) is 21.0. The van der Waals surface area contributed by atoms with Crippen LogP contribution in [-0.2, 0) is 18.4 Å². The maximum Gasteiger partial charge on any atom is 0.268 e. The number of aliphatic hydroxyl groups is 1. The molecule has 1 amide bonds. The van der Waals surface area contributed by atoms with E-state index in [4.69, 9.17) is 9.05 Å². The number of hydrogen-bond donors (Lipinski definition) is 2. The lowest BCUT2D eigenvalue weighted by Crippen LogP contribution is -2.45. The Labute approximate surface area is 422 Å². The Morgan fingerprint density at radius 3 is 1.28 bits per heavy atom. The second-order valence-corrected chi connectivity index (χ2v) is 22.4. The number of nitrogens with one attached hydrogen (secondary N) is 1. The van der Waals surface area contributed by atoms with Gasteiger partial charge in [0.25, 0.3) is 7.82 Å². The summed E-state index contributed by atoms with van der Waals surface area (Å²) in [6.45, 7) is 4.64. The van der Waals surface area contributed by atoms with Crippen molar-refractivity contribution in [3.63, 3.8) is 0 Å². The third kappa shape index (κ3) is 52.3. The predicted octanol–water partition coefficient (Wildman–Crippen LogP) is 16.9. The summed E-state index contributed by atoms with van der Waals surface area (Å²) in [5.74, 6) is -0.210. The van der Waals surface area contributed by atoms with Gasteiger partial charge in [-0.3, -0.25) is 9.36 Å². The molecule has 0 radical (unpaired) electrons. The van der Waals surface area contributed by atoms with Crippen LogP contribution in [0.2, 0.25) is 0 Å². The van der Waals surface area contributed by atoms with Gasteiger partial charge in [-0.15, -0.1) is 0 Å². The van der Waals surface area contributed by atoms with Crippen molar-refractivity contribution in [2.45, 2.75) is 283 Å². The molecule has 9 heteroatoms. The molecule has 0 saturated heterocycles. The maximum absolute atomic E-state index is 13.0. The maximum atomic E-state index is 13.0. The number of amides is 1. The second kappa shape index (κ2) is 50.4. The number of phosphoric ester groups is 1. The average molecular weight is 978 g/mol. The van der Waals surface area contributed by atoms with E-state index >= 15 is 0 Å². The quantitative estimate of drug-likeness (QED) is 0.0272. The van der Waals surface area contributed by atoms with E-state index in [2.05, 4.69) is 55.6 Å². The van der Waals surface area contributed by atoms with Gasteiger partial charge in [0.1, 0.15) is 13.2 Å². The van der Waals surface area contributed by atoms with E-state index in [0.29, 0.717) is 17.4 Å². The molecule has 0 spiro atoms. The molecule has 0 rings (SSSR count). The van der Waals surface area contributed by atoms with E-state index in [1.165, 1.54) is 205 Å². The van der Waals surface area contributed by atoms with Crippen molar-refractivity contribution in [3.05, 3.63) is 48.6 Å². The topological polar surface area (TPSA) is 108 Å². The number of likely N-dealkylation sites (N-methyl/N-ethyl adjacent to an activating group) is 1. The number of aliphatic hydroxyl groups excluding tert-OH is 1. The normalized spacial score (nSPS) is 14.3. The summed E-state index contributed by atoms with van der Waals surface area (Å²) in [4.78, 5) is 25.5. The van der Waals surface area contributed by atoms with Crippen LogP contribution in [0, 0.1) is 0 Å². The molecule has 0 bridgehead atoms. The molecule has 0 aliphatic heterocycles. The van der Waals surface area contributed by atoms with E-state index in [1.54, 1.807) is 6.08 Å². The first-order valence-electron chi connectivity index (χ1n) is 29.0. The van der Waals surface area contributed by atoms with Gasteiger partial charge in [0, 0.05) is 6.42 Å². The fourth-order valence-electron chi connectivity index (χ4n) is 8.44. The third-order valence-corrected chi connectivity index (χ3v) is 14.0. The minimum atomic E-state index is -4.61. The molecule has 2 N–H and O–H groups in total. The Morgan fingerprint density at radius 1 is 0.515 bits per heavy atom. The zero-order valence-corrected chi connectivity index (χ0v) is 46.5. The van der Waals surface area contributed by atoms with E-state index in [-0.39, 0.29) is 12.5 Å². The lowest BCUT2D eigenvalue weighted by Gasteiger charge is -2.29. The molecule has 8 nitrogen and oxygen atoms in total. The SMILES string of the molecule is CCCCCCC/C=C\C/C=C\CCCCCCCCCCCC(=O)NC(COP(=O)([O-])OCC[N+](C)(C)C)C(O)/C=C/CC/C=C/CCCCCCCCCCCCCCCCCCCCC. The lowest BCUT2D eigenvalue weighted by molar-refractivity contribution is -0.870. The number of carbonyl (C=O) groups excluding carboxylic acids is 1. The minimum absolute atomic E-state index is 0.00785. The number of unbranched alkanes of at least 4 members (excludes halogenated alkanes) is 34. The van der Waals surface area contributed by atoms with Crippen LogP contribution in [0.5, 0.6) is 0 Å². The van der Waals surface area contributed by atoms with Crippen molar-refractivity contribution < 1.29 is 32.9 Å². The fourth-order valence-corrected chi connectivity index (χ4v) is 9.16. The molecule has 0 aromatic carbocycles. The van der Waals surface area contributed by atoms with E-state index in [1.807, 2.05) is 27.2 Å². The Balaban J connectivity index is 4.26. The van der Waals surface area contributed by atoms with Crippen LogP contribution in [0.4, 0.5) is 0 Å². The molecular formula is C59H113N2O6P. The molecule has 3 atom stereocenters. The van der Waals surface area contributed by atoms with Gasteiger partial charge in [-0.1, -0.05) is 249 Å². The van der Waals surface area contributed by atoms with Crippen LogP contribution in [0.3, 0.4) is 0 Å². The highest BCUT2D eigenvalue weighted by atomic mass is 31.2. The molecule has 3 unspecified atom stereocenters. The van der Waals surface area contributed by atoms with Crippen molar-refractivity contribution in [2.24, 2.45) is 0 Å². The smallest absolute Gasteiger partial charge is 0.268 e. The highest BCUT2D eigenvalue weighted by Crippen LogP contribution is 2.38. The van der Waals surface area contributed by atoms with Gasteiger partial charge in [0.15, 0.2) is 0 Å². The van der Waals surface area contributed by atoms with Crippen molar-refractivity contribution >= 4 is 13.7 Å². The highest BCUT2D eigenvalue weighted by molar-refractivity contribution is 7.45. The summed E-state index contributed by atoms with van der Waals surface area (Å²) in [5.41, 5.74) is 0. The van der Waals surface area contributed by atoms with Gasteiger partial charge in [-0.05, 0) is 64.2 Å². The van der Waals surface area contributed by atoms with Gasteiger partial charge >= 0.3 is 0 Å². The molecule has 0 heterocycles. The van der Waals surface area contributed by atoms with Crippen molar-refractivity contribution in [1.82, 2.24) is 5.32 Å². The van der Waals surface area contributed by atoms with Crippen LogP contribution in [0.25, 0.3) is 0 Å². The molecule has 0 saturated carbocycles. The van der Waals surface area contributed by atoms with E-state index in [9.17, 15) is 19.4 Å². The zero-order valence-electron chi connectivity index (χ0n) is 45.6. The third-order valence-electron chi connectivity index (χ3n) is 13.0. The number of carbonyl (C=O) groups is 1. The molecule has 0 aromatic heterocycles. The van der Waals surface area contributed by atoms with Gasteiger partial charge < -0.3 is 28.8 Å². The van der Waals surface area contributed by atoms with Gasteiger partial charge in [0.2, 0.25) is 5.91 Å². The summed E-state index contributed by atoms with van der Waals surface area (Å²) in [6, 6.07) is -0.907. The van der Waals surface area contributed by atoms with Crippen molar-refractivity contribution in [2.75, 3.05) is 40.9 Å². The molecule has 0 fully saturated rings. The zero-order chi connectivity index (χ0) is 49.9. The molecule has 0 aliphatic carbocycles. The summed E-state index contributed by atoms with van der Waals surface area (Å²) >= 11 is 0. The fraction of sp³-hybridized carbons (Fsp3) is 0.847. The van der Waals surface area contributed by atoms with Crippen LogP contribution in [-0.4, -0.2) is 68.5 Å². The number of hydrogen-bond acceptors (Lipinski definition) is 6. The Bertz CT molecular complexity index is 1250. The van der Waals surface area contributed by atoms with Crippen molar-refractivity contribution in [1.29, 1.82) is 0 Å². The van der Waals surface area contributed by atoms with Gasteiger partial charge in [-0.2, -0.15) is 0 Å². The molecular weight excluding hydrogens is 864 g/mol. The number of allylic oxidation sites excluding steroid dienone is 7. The Kier molecular flexibility index (Phi) is 49.3. The minimum Gasteiger partial charge on any atom is -0.756 e. The molecule has 68 heavy (non-hydrogen) atoms. The predicted molar refractivity (Wildman–Crippen MR) is 293 cm³/mol. The van der Waals surface area contributed by atoms with Crippen LogP contribution >= 0.6 is 7.82 Å². The summed E-state index contributed by atoms with van der Waals surface area (Å²) in [6.07, 6.45) is 66.2. The first-order chi connectivity index (χ1) is 33.0. The first-order valence-corrected chi connectivity index (χ1v) is 30.5. The molecule has 0 aromatic rings. The van der Waals surface area contributed by atoms with Crippen LogP contribution in [0.1, 0.15) is 271 Å². The monoisotopic (exact) mass is 977 g/mol. The summed E-state index contributed by atoms with van der Waals surface area (Å²) < 4.78 is 23.3. The number of rotatable bonds is 53. The van der Waals surface area contributed by atoms with Crippen molar-refractivity contribution in [3.8, 4) is 0 Å². The first kappa shape index (κ1) is 66.5. The van der Waals surface area contributed by atoms with Gasteiger partial charge in [-0.25, -0.2) is 0 Å².